The zero-order valence-corrected chi connectivity index (χ0v) is 35.9. The number of ether oxygens (including phenoxy) is 2. The minimum Gasteiger partial charge on any atom is -0.872 e. The van der Waals surface area contributed by atoms with Crippen LogP contribution >= 0.6 is 0 Å². The predicted octanol–water partition coefficient (Wildman–Crippen LogP) is 10.1. The molecule has 0 amide bonds. The summed E-state index contributed by atoms with van der Waals surface area (Å²) in [5, 5.41) is 22.4. The van der Waals surface area contributed by atoms with E-state index in [2.05, 4.69) is 13.8 Å². The number of hydrogen-bond donors (Lipinski definition) is 2. The van der Waals surface area contributed by atoms with Gasteiger partial charge in [-0.15, -0.1) is 5.75 Å². The molecule has 13 heteroatoms. The first-order valence-corrected chi connectivity index (χ1v) is 21.8. The molecule has 0 radical (unpaired) electrons. The summed E-state index contributed by atoms with van der Waals surface area (Å²) in [4.78, 5) is -0.583. The van der Waals surface area contributed by atoms with E-state index in [4.69, 9.17) is 9.47 Å². The molecule has 0 aliphatic rings. The van der Waals surface area contributed by atoms with Crippen LogP contribution in [0.25, 0.3) is 0 Å². The van der Waals surface area contributed by atoms with Crippen LogP contribution in [-0.4, -0.2) is 68.8 Å². The molecule has 2 N–H and O–H groups in total. The Morgan fingerprint density at radius 1 is 0.564 bits per heavy atom. The molecule has 0 spiro atoms. The second-order valence-corrected chi connectivity index (χ2v) is 16.1. The Morgan fingerprint density at radius 3 is 1.49 bits per heavy atom. The maximum Gasteiger partial charge on any atom is 2.00 e. The van der Waals surface area contributed by atoms with Crippen LogP contribution in [0.1, 0.15) is 115 Å². The van der Waals surface area contributed by atoms with Crippen LogP contribution in [0.4, 0.5) is 0 Å². The summed E-state index contributed by atoms with van der Waals surface area (Å²) < 4.78 is 76.8. The van der Waals surface area contributed by atoms with Crippen molar-refractivity contribution in [1.29, 1.82) is 0 Å². The molecule has 0 fully saturated rings. The summed E-state index contributed by atoms with van der Waals surface area (Å²) in [5.41, 5.74) is 1.30. The Balaban J connectivity index is 0.000000373. The summed E-state index contributed by atoms with van der Waals surface area (Å²) in [6.07, 6.45) is 17.6. The zero-order valence-electron chi connectivity index (χ0n) is 32.1. The van der Waals surface area contributed by atoms with Gasteiger partial charge in [0.2, 0.25) is 0 Å². The van der Waals surface area contributed by atoms with Crippen molar-refractivity contribution in [2.45, 2.75) is 126 Å². The maximum atomic E-state index is 12.2. The predicted molar refractivity (Wildman–Crippen MR) is 214 cm³/mol. The minimum atomic E-state index is -4.55. The molecule has 0 saturated carbocycles. The Bertz CT molecular complexity index is 1810. The molecule has 10 nitrogen and oxygen atoms in total. The fourth-order valence-electron chi connectivity index (χ4n) is 5.95. The van der Waals surface area contributed by atoms with Crippen molar-refractivity contribution in [3.05, 3.63) is 96.1 Å². The van der Waals surface area contributed by atoms with E-state index >= 15 is 0 Å². The van der Waals surface area contributed by atoms with E-state index in [-0.39, 0.29) is 70.5 Å². The molecule has 0 unspecified atom stereocenters. The topological polar surface area (TPSA) is 173 Å². The standard InChI is InChI=1S/2C21H28O5S.Ca/c2*1-2-3-4-5-6-7-8-13-19-20(22)14-10-15-21(19)26-17-11-9-12-18(16-17)27(23,24)25;/h2*9-12,14-16,22H,2-8,13H2,1H3,(H,23,24,25);/q;;+2/p-2. The minimum absolute atomic E-state index is 0. The molecule has 0 aliphatic heterocycles. The summed E-state index contributed by atoms with van der Waals surface area (Å²) in [5.74, 6) is 1.49. The van der Waals surface area contributed by atoms with E-state index in [9.17, 15) is 36.2 Å². The fraction of sp³-hybridized carbons (Fsp3) is 0.429. The van der Waals surface area contributed by atoms with Crippen LogP contribution in [0.15, 0.2) is 94.7 Å². The average Bonchev–Trinajstić information content (AvgIpc) is 3.12. The van der Waals surface area contributed by atoms with Crippen molar-refractivity contribution in [2.75, 3.05) is 0 Å². The molecule has 0 aliphatic carbocycles. The van der Waals surface area contributed by atoms with Crippen molar-refractivity contribution in [1.82, 2.24) is 0 Å². The number of unbranched alkanes of at least 4 members (excludes halogenated alkanes) is 12. The number of rotatable bonds is 22. The fourth-order valence-corrected chi connectivity index (χ4v) is 6.97. The first kappa shape index (κ1) is 48.3. The van der Waals surface area contributed by atoms with Crippen LogP contribution in [-0.2, 0) is 33.1 Å². The molecule has 4 aromatic rings. The van der Waals surface area contributed by atoms with Crippen molar-refractivity contribution in [3.8, 4) is 34.5 Å². The van der Waals surface area contributed by atoms with E-state index in [0.717, 1.165) is 32.1 Å². The largest absolute Gasteiger partial charge is 2.00 e. The maximum absolute atomic E-state index is 12.2. The zero-order chi connectivity index (χ0) is 39.4. The molecule has 4 aromatic carbocycles. The third-order valence-electron chi connectivity index (χ3n) is 8.91. The van der Waals surface area contributed by atoms with Gasteiger partial charge in [0.15, 0.2) is 0 Å². The Hall–Kier alpha value is -2.84. The molecular formula is C42H54CaO10S2. The van der Waals surface area contributed by atoms with Gasteiger partial charge in [-0.25, -0.2) is 8.42 Å². The van der Waals surface area contributed by atoms with Crippen molar-refractivity contribution in [3.63, 3.8) is 0 Å². The van der Waals surface area contributed by atoms with Gasteiger partial charge in [-0.1, -0.05) is 121 Å². The van der Waals surface area contributed by atoms with Crippen LogP contribution in [0.2, 0.25) is 0 Å². The van der Waals surface area contributed by atoms with Gasteiger partial charge in [-0.2, -0.15) is 8.42 Å². The molecule has 296 valence electrons. The molecule has 55 heavy (non-hydrogen) atoms. The van der Waals surface area contributed by atoms with Gasteiger partial charge >= 0.3 is 37.7 Å². The molecule has 4 rings (SSSR count). The first-order valence-electron chi connectivity index (χ1n) is 18.9. The van der Waals surface area contributed by atoms with Gasteiger partial charge in [-0.3, -0.25) is 4.55 Å². The van der Waals surface area contributed by atoms with E-state index in [0.29, 0.717) is 35.5 Å². The summed E-state index contributed by atoms with van der Waals surface area (Å²) >= 11 is 0. The van der Waals surface area contributed by atoms with Crippen LogP contribution < -0.4 is 14.6 Å². The van der Waals surface area contributed by atoms with Gasteiger partial charge in [0.25, 0.3) is 10.1 Å². The van der Waals surface area contributed by atoms with Crippen LogP contribution in [0.5, 0.6) is 34.5 Å². The third-order valence-corrected chi connectivity index (χ3v) is 10.6. The molecule has 0 saturated heterocycles. The van der Waals surface area contributed by atoms with Crippen LogP contribution in [0.3, 0.4) is 0 Å². The molecule has 0 aromatic heterocycles. The van der Waals surface area contributed by atoms with Gasteiger partial charge in [0, 0.05) is 11.6 Å². The molecule has 0 heterocycles. The second-order valence-electron chi connectivity index (χ2n) is 13.3. The van der Waals surface area contributed by atoms with Crippen LogP contribution in [0, 0.1) is 0 Å². The summed E-state index contributed by atoms with van der Waals surface area (Å²) in [6, 6.07) is 20.9. The average molecular weight is 823 g/mol. The van der Waals surface area contributed by atoms with Gasteiger partial charge in [0.1, 0.15) is 38.9 Å². The van der Waals surface area contributed by atoms with Crippen molar-refractivity contribution < 1.29 is 45.6 Å². The Kier molecular flexibility index (Phi) is 22.3. The number of aromatic hydroxyl groups is 1. The summed E-state index contributed by atoms with van der Waals surface area (Å²) in [6.45, 7) is 4.39. The molecule has 0 bridgehead atoms. The smallest absolute Gasteiger partial charge is 0.872 e. The van der Waals surface area contributed by atoms with Crippen molar-refractivity contribution in [2.24, 2.45) is 0 Å². The number of phenols is 1. The number of phenolic OH excluding ortho intramolecular Hbond substituents is 1. The monoisotopic (exact) mass is 822 g/mol. The van der Waals surface area contributed by atoms with E-state index < -0.39 is 20.2 Å². The van der Waals surface area contributed by atoms with Crippen molar-refractivity contribution >= 4 is 58.0 Å². The number of hydrogen-bond acceptors (Lipinski definition) is 9. The van der Waals surface area contributed by atoms with Gasteiger partial charge in [0.05, 0.1) is 9.79 Å². The summed E-state index contributed by atoms with van der Waals surface area (Å²) in [7, 11) is -8.85. The Morgan fingerprint density at radius 2 is 0.982 bits per heavy atom. The van der Waals surface area contributed by atoms with E-state index in [1.54, 1.807) is 42.5 Å². The Labute approximate surface area is 357 Å². The SMILES string of the molecule is CCCCCCCCCc1c(O)cccc1Oc1cccc(S(=O)(=O)O)c1.CCCCCCCCCc1c([O-])cccc1Oc1cccc(S(=O)(=O)[O-])c1.[Ca+2]. The van der Waals surface area contributed by atoms with Gasteiger partial charge in [-0.05, 0) is 79.8 Å². The first-order chi connectivity index (χ1) is 25.8. The molecular weight excluding hydrogens is 769 g/mol. The van der Waals surface area contributed by atoms with Gasteiger partial charge < -0.3 is 24.2 Å². The number of benzene rings is 4. The second kappa shape index (κ2) is 25.4. The quantitative estimate of drug-likeness (QED) is 0.0441. The van der Waals surface area contributed by atoms with E-state index in [1.807, 2.05) is 0 Å². The third kappa shape index (κ3) is 17.9. The molecule has 0 atom stereocenters. The van der Waals surface area contributed by atoms with E-state index in [1.165, 1.54) is 100 Å². The normalized spacial score (nSPS) is 11.3.